The zero-order valence-corrected chi connectivity index (χ0v) is 28.3. The quantitative estimate of drug-likeness (QED) is 0.173. The minimum absolute atomic E-state index is 0.368. The van der Waals surface area contributed by atoms with E-state index in [9.17, 15) is 4.57 Å². The van der Waals surface area contributed by atoms with Crippen LogP contribution >= 0.6 is 7.14 Å². The van der Waals surface area contributed by atoms with Gasteiger partial charge in [0.15, 0.2) is 0 Å². The van der Waals surface area contributed by atoms with Gasteiger partial charge in [-0.3, -0.25) is 19.5 Å². The van der Waals surface area contributed by atoms with Gasteiger partial charge < -0.3 is 29.8 Å². The number of piperazine rings is 1. The molecular formula is C34H38N11O2P. The molecule has 0 unspecified atom stereocenters. The number of ether oxygens (including phenoxy) is 1. The van der Waals surface area contributed by atoms with E-state index in [4.69, 9.17) is 14.7 Å². The Morgan fingerprint density at radius 1 is 0.979 bits per heavy atom. The average molecular weight is 664 g/mol. The third kappa shape index (κ3) is 5.73. The number of anilines is 5. The first-order valence-electron chi connectivity index (χ1n) is 16.1. The van der Waals surface area contributed by atoms with E-state index in [-0.39, 0.29) is 0 Å². The number of H-pyrrole nitrogens is 1. The molecule has 0 amide bonds. The average Bonchev–Trinajstić information content (AvgIpc) is 3.66. The number of hydrogen-bond acceptors (Lipinski definition) is 11. The van der Waals surface area contributed by atoms with Crippen LogP contribution in [0.5, 0.6) is 5.75 Å². The summed E-state index contributed by atoms with van der Waals surface area (Å²) in [6.07, 6.45) is 11.6. The van der Waals surface area contributed by atoms with Crippen molar-refractivity contribution in [2.24, 2.45) is 7.05 Å². The molecule has 13 nitrogen and oxygen atoms in total. The second-order valence-electron chi connectivity index (χ2n) is 12.8. The number of aryl methyl sites for hydroxylation is 1. The number of aromatic amines is 1. The van der Waals surface area contributed by atoms with Gasteiger partial charge in [-0.2, -0.15) is 15.1 Å². The van der Waals surface area contributed by atoms with Crippen LogP contribution in [0.2, 0.25) is 0 Å². The van der Waals surface area contributed by atoms with Crippen LogP contribution in [0.25, 0.3) is 33.2 Å². The predicted octanol–water partition coefficient (Wildman–Crippen LogP) is 5.33. The molecule has 1 saturated heterocycles. The molecule has 3 N–H and O–H groups in total. The van der Waals surface area contributed by atoms with E-state index in [1.807, 2.05) is 48.5 Å². The molecule has 1 aliphatic carbocycles. The lowest BCUT2D eigenvalue weighted by atomic mass is 10.0. The summed E-state index contributed by atoms with van der Waals surface area (Å²) >= 11 is 0. The summed E-state index contributed by atoms with van der Waals surface area (Å²) in [5.74, 6) is 1.60. The Kier molecular flexibility index (Phi) is 7.53. The number of aromatic nitrogens is 7. The van der Waals surface area contributed by atoms with Gasteiger partial charge in [0.2, 0.25) is 5.95 Å². The molecule has 246 valence electrons. The molecule has 4 aromatic heterocycles. The highest BCUT2D eigenvalue weighted by atomic mass is 31.2. The van der Waals surface area contributed by atoms with E-state index in [1.165, 1.54) is 12.8 Å². The summed E-state index contributed by atoms with van der Waals surface area (Å²) in [7, 11) is 0.830. The summed E-state index contributed by atoms with van der Waals surface area (Å²) in [4.78, 5) is 27.0. The van der Waals surface area contributed by atoms with Crippen molar-refractivity contribution < 1.29 is 9.30 Å². The smallest absolute Gasteiger partial charge is 0.231 e. The maximum Gasteiger partial charge on any atom is 0.231 e. The van der Waals surface area contributed by atoms with Gasteiger partial charge in [0.1, 0.15) is 29.9 Å². The summed E-state index contributed by atoms with van der Waals surface area (Å²) < 4.78 is 21.4. The number of nitrogens with one attached hydrogen (secondary N) is 3. The van der Waals surface area contributed by atoms with Crippen LogP contribution in [0.15, 0.2) is 61.3 Å². The molecule has 48 heavy (non-hydrogen) atoms. The number of hydrogen-bond donors (Lipinski definition) is 3. The van der Waals surface area contributed by atoms with E-state index in [2.05, 4.69) is 52.6 Å². The summed E-state index contributed by atoms with van der Waals surface area (Å²) in [6, 6.07) is 10.6. The van der Waals surface area contributed by atoms with Gasteiger partial charge in [-0.25, -0.2) is 0 Å². The van der Waals surface area contributed by atoms with Crippen LogP contribution < -0.4 is 25.6 Å². The Morgan fingerprint density at radius 2 is 1.79 bits per heavy atom. The number of methoxy groups -OCH3 is 1. The number of fused-ring (bicyclic) bond motifs is 2. The molecule has 2 fully saturated rings. The fourth-order valence-corrected chi connectivity index (χ4v) is 8.06. The molecule has 8 rings (SSSR count). The van der Waals surface area contributed by atoms with E-state index in [1.54, 1.807) is 32.8 Å². The molecule has 0 radical (unpaired) electrons. The standard InChI is InChI=1S/C34H38N11O2P/c1-43-20-21(19-38-43)24-17-27(29(47-2)18-28(24)45-15-13-44(14-16-45)22-5-6-22)40-34-41-32-23(9-10-37-32)33(42-34)39-26-8-7-25-30(36-12-11-35-25)31(26)48(3,4)46/h7-12,17-20,22H,5-6,13-16H2,1-4H3,(H3,37,39,40,41,42). The van der Waals surface area contributed by atoms with Gasteiger partial charge in [-0.05, 0) is 50.4 Å². The van der Waals surface area contributed by atoms with Crippen molar-refractivity contribution in [3.05, 3.63) is 61.3 Å². The van der Waals surface area contributed by atoms with Crippen LogP contribution in [0, 0.1) is 0 Å². The molecule has 1 aliphatic heterocycles. The Balaban J connectivity index is 1.18. The van der Waals surface area contributed by atoms with Crippen LogP contribution in [0.4, 0.5) is 28.8 Å². The highest BCUT2D eigenvalue weighted by Crippen LogP contribution is 2.43. The van der Waals surface area contributed by atoms with Gasteiger partial charge in [-0.15, -0.1) is 0 Å². The SMILES string of the molecule is COc1cc(N2CCN(C3CC3)CC2)c(-c2cnn(C)c2)cc1Nc1nc(Nc2ccc3nccnc3c2P(C)(C)=O)c2cc[nH]c2n1. The van der Waals surface area contributed by atoms with Crippen LogP contribution in [-0.2, 0) is 11.6 Å². The van der Waals surface area contributed by atoms with Crippen molar-refractivity contribution in [1.82, 2.24) is 39.6 Å². The van der Waals surface area contributed by atoms with Crippen molar-refractivity contribution >= 4 is 63.3 Å². The van der Waals surface area contributed by atoms with Gasteiger partial charge in [-0.1, -0.05) is 0 Å². The molecule has 0 bridgehead atoms. The van der Waals surface area contributed by atoms with Crippen LogP contribution in [0.3, 0.4) is 0 Å². The maximum absolute atomic E-state index is 13.6. The van der Waals surface area contributed by atoms with Crippen LogP contribution in [0.1, 0.15) is 12.8 Å². The Labute approximate surface area is 278 Å². The highest BCUT2D eigenvalue weighted by molar-refractivity contribution is 7.71. The van der Waals surface area contributed by atoms with Crippen molar-refractivity contribution in [3.8, 4) is 16.9 Å². The largest absolute Gasteiger partial charge is 0.494 e. The van der Waals surface area contributed by atoms with Gasteiger partial charge >= 0.3 is 0 Å². The van der Waals surface area contributed by atoms with Crippen molar-refractivity contribution in [3.63, 3.8) is 0 Å². The molecule has 0 atom stereocenters. The number of nitrogens with zero attached hydrogens (tertiary/aromatic N) is 8. The predicted molar refractivity (Wildman–Crippen MR) is 191 cm³/mol. The maximum atomic E-state index is 13.6. The lowest BCUT2D eigenvalue weighted by Gasteiger charge is -2.37. The van der Waals surface area contributed by atoms with Gasteiger partial charge in [0.25, 0.3) is 0 Å². The molecule has 14 heteroatoms. The zero-order valence-electron chi connectivity index (χ0n) is 27.4. The van der Waals surface area contributed by atoms with E-state index < -0.39 is 7.14 Å². The lowest BCUT2D eigenvalue weighted by molar-refractivity contribution is 0.248. The Morgan fingerprint density at radius 3 is 2.52 bits per heavy atom. The fraction of sp³-hybridized carbons (Fsp3) is 0.324. The normalized spacial score (nSPS) is 15.7. The molecule has 5 heterocycles. The Bertz CT molecular complexity index is 2190. The molecule has 6 aromatic rings. The fourth-order valence-electron chi connectivity index (χ4n) is 6.66. The van der Waals surface area contributed by atoms with E-state index in [0.29, 0.717) is 45.2 Å². The van der Waals surface area contributed by atoms with Crippen molar-refractivity contribution in [2.75, 3.05) is 62.2 Å². The monoisotopic (exact) mass is 663 g/mol. The van der Waals surface area contributed by atoms with Crippen LogP contribution in [-0.4, -0.2) is 92.3 Å². The topological polar surface area (TPSA) is 142 Å². The highest BCUT2D eigenvalue weighted by Gasteiger charge is 2.32. The van der Waals surface area contributed by atoms with Gasteiger partial charge in [0.05, 0.1) is 40.9 Å². The third-order valence-electron chi connectivity index (χ3n) is 9.12. The first-order chi connectivity index (χ1) is 23.2. The third-order valence-corrected chi connectivity index (χ3v) is 10.6. The molecule has 1 saturated carbocycles. The summed E-state index contributed by atoms with van der Waals surface area (Å²) in [6.45, 7) is 7.48. The Hall–Kier alpha value is -5.00. The minimum Gasteiger partial charge on any atom is -0.494 e. The number of rotatable bonds is 9. The zero-order chi connectivity index (χ0) is 33.0. The second kappa shape index (κ2) is 11.9. The van der Waals surface area contributed by atoms with Crippen molar-refractivity contribution in [1.29, 1.82) is 0 Å². The molecule has 2 aromatic carbocycles. The lowest BCUT2D eigenvalue weighted by Crippen LogP contribution is -2.47. The van der Waals surface area contributed by atoms with E-state index in [0.717, 1.165) is 60.1 Å². The van der Waals surface area contributed by atoms with Crippen molar-refractivity contribution in [2.45, 2.75) is 18.9 Å². The molecule has 0 spiro atoms. The van der Waals surface area contributed by atoms with E-state index >= 15 is 0 Å². The summed E-state index contributed by atoms with van der Waals surface area (Å²) in [5, 5.41) is 12.8. The first kappa shape index (κ1) is 30.3. The van der Waals surface area contributed by atoms with Gasteiger partial charge in [0, 0.05) is 86.9 Å². The minimum atomic E-state index is -2.78. The molecular weight excluding hydrogens is 625 g/mol. The first-order valence-corrected chi connectivity index (χ1v) is 18.7. The second-order valence-corrected chi connectivity index (χ2v) is 16.0. The summed E-state index contributed by atoms with van der Waals surface area (Å²) in [5.41, 5.74) is 6.49. The molecule has 2 aliphatic rings. The number of benzene rings is 2.